The maximum absolute atomic E-state index is 13.6. The van der Waals surface area contributed by atoms with Gasteiger partial charge in [0, 0.05) is 53.5 Å². The van der Waals surface area contributed by atoms with Gasteiger partial charge in [-0.15, -0.1) is 0 Å². The molecule has 5 heteroatoms. The van der Waals surface area contributed by atoms with Crippen LogP contribution in [0.2, 0.25) is 0 Å². The monoisotopic (exact) mass is 434 g/mol. The van der Waals surface area contributed by atoms with Gasteiger partial charge in [0.1, 0.15) is 5.82 Å². The molecule has 4 nitrogen and oxygen atoms in total. The number of H-pyrrole nitrogens is 1. The second kappa shape index (κ2) is 9.24. The van der Waals surface area contributed by atoms with Crippen molar-refractivity contribution < 1.29 is 4.39 Å². The smallest absolute Gasteiger partial charge is 0.123 e. The van der Waals surface area contributed by atoms with Crippen molar-refractivity contribution in [2.24, 2.45) is 0 Å². The summed E-state index contributed by atoms with van der Waals surface area (Å²) in [6.45, 7) is 9.23. The first-order valence-corrected chi connectivity index (χ1v) is 12.2. The van der Waals surface area contributed by atoms with E-state index in [0.717, 1.165) is 35.2 Å². The third-order valence-electron chi connectivity index (χ3n) is 7.33. The third kappa shape index (κ3) is 4.69. The first-order chi connectivity index (χ1) is 15.5. The van der Waals surface area contributed by atoms with Gasteiger partial charge in [-0.05, 0) is 94.6 Å². The predicted molar refractivity (Wildman–Crippen MR) is 132 cm³/mol. The van der Waals surface area contributed by atoms with E-state index in [0.29, 0.717) is 18.1 Å². The van der Waals surface area contributed by atoms with E-state index in [4.69, 9.17) is 0 Å². The number of hydrogen-bond acceptors (Lipinski definition) is 3. The van der Waals surface area contributed by atoms with Crippen LogP contribution >= 0.6 is 0 Å². The lowest BCUT2D eigenvalue weighted by Crippen LogP contribution is -2.50. The van der Waals surface area contributed by atoms with Gasteiger partial charge in [-0.25, -0.2) is 4.39 Å². The summed E-state index contributed by atoms with van der Waals surface area (Å²) in [5.74, 6) is -0.196. The molecule has 1 aromatic heterocycles. The maximum Gasteiger partial charge on any atom is 0.123 e. The molecule has 0 radical (unpaired) electrons. The normalized spacial score (nSPS) is 19.3. The van der Waals surface area contributed by atoms with Crippen LogP contribution in [-0.4, -0.2) is 54.2 Å². The molecule has 0 aliphatic carbocycles. The van der Waals surface area contributed by atoms with E-state index in [1.807, 2.05) is 12.1 Å². The van der Waals surface area contributed by atoms with Crippen LogP contribution < -0.4 is 10.2 Å². The molecule has 0 amide bonds. The van der Waals surface area contributed by atoms with Gasteiger partial charge in [-0.1, -0.05) is 12.1 Å². The molecule has 0 unspecified atom stereocenters. The number of nitrogens with one attached hydrogen (secondary N) is 2. The number of halogens is 1. The molecule has 0 bridgehead atoms. The Labute approximate surface area is 190 Å². The van der Waals surface area contributed by atoms with Crippen molar-refractivity contribution in [2.45, 2.75) is 57.7 Å². The minimum absolute atomic E-state index is 0.196. The van der Waals surface area contributed by atoms with Crippen molar-refractivity contribution in [1.82, 2.24) is 15.2 Å². The zero-order chi connectivity index (χ0) is 22.1. The molecule has 170 valence electrons. The number of likely N-dealkylation sites (tertiary alicyclic amines) is 1. The van der Waals surface area contributed by atoms with Crippen LogP contribution in [0.15, 0.2) is 48.5 Å². The molecule has 32 heavy (non-hydrogen) atoms. The number of aromatic nitrogens is 1. The Morgan fingerprint density at radius 2 is 1.62 bits per heavy atom. The molecular weight excluding hydrogens is 399 g/mol. The second-order valence-corrected chi connectivity index (χ2v) is 9.80. The van der Waals surface area contributed by atoms with E-state index < -0.39 is 0 Å². The lowest BCUT2D eigenvalue weighted by atomic mass is 9.98. The van der Waals surface area contributed by atoms with E-state index in [1.54, 1.807) is 6.07 Å². The summed E-state index contributed by atoms with van der Waals surface area (Å²) in [7, 11) is 0. The number of benzene rings is 2. The molecule has 5 rings (SSSR count). The van der Waals surface area contributed by atoms with Crippen LogP contribution in [0.25, 0.3) is 22.2 Å². The number of rotatable bonds is 5. The molecule has 2 aliphatic rings. The Balaban J connectivity index is 1.19. The Kier molecular flexibility index (Phi) is 6.20. The fourth-order valence-corrected chi connectivity index (χ4v) is 5.35. The fourth-order valence-electron chi connectivity index (χ4n) is 5.35. The largest absolute Gasteiger partial charge is 0.371 e. The molecular formula is C27H35FN4. The van der Waals surface area contributed by atoms with Gasteiger partial charge in [0.25, 0.3) is 0 Å². The summed E-state index contributed by atoms with van der Waals surface area (Å²) in [6, 6.07) is 17.6. The first kappa shape index (κ1) is 21.5. The van der Waals surface area contributed by atoms with Crippen molar-refractivity contribution in [3.8, 4) is 11.3 Å². The molecule has 0 spiro atoms. The van der Waals surface area contributed by atoms with Gasteiger partial charge in [-0.2, -0.15) is 0 Å². The SMILES string of the molecule is CC(C)N1CCC(NC2CCN(c3cccc(-c4cc5cc(F)ccc5[nH]4)c3)CC2)CC1. The Morgan fingerprint density at radius 1 is 0.906 bits per heavy atom. The molecule has 3 aromatic rings. The third-order valence-corrected chi connectivity index (χ3v) is 7.33. The zero-order valence-electron chi connectivity index (χ0n) is 19.3. The van der Waals surface area contributed by atoms with Crippen LogP contribution in [-0.2, 0) is 0 Å². The van der Waals surface area contributed by atoms with E-state index in [2.05, 4.69) is 58.2 Å². The summed E-state index contributed by atoms with van der Waals surface area (Å²) < 4.78 is 13.6. The van der Waals surface area contributed by atoms with Crippen LogP contribution in [0.5, 0.6) is 0 Å². The van der Waals surface area contributed by atoms with Crippen molar-refractivity contribution in [1.29, 1.82) is 0 Å². The van der Waals surface area contributed by atoms with Crippen molar-refractivity contribution in [3.63, 3.8) is 0 Å². The number of fused-ring (bicyclic) bond motifs is 1. The topological polar surface area (TPSA) is 34.3 Å². The molecule has 0 atom stereocenters. The van der Waals surface area contributed by atoms with Crippen molar-refractivity contribution in [3.05, 3.63) is 54.3 Å². The van der Waals surface area contributed by atoms with E-state index in [1.165, 1.54) is 50.5 Å². The Bertz CT molecular complexity index is 1040. The molecule has 0 saturated carbocycles. The molecule has 2 saturated heterocycles. The summed E-state index contributed by atoms with van der Waals surface area (Å²) in [6.07, 6.45) is 4.93. The summed E-state index contributed by atoms with van der Waals surface area (Å²) in [5.41, 5.74) is 4.43. The van der Waals surface area contributed by atoms with Gasteiger partial charge in [0.2, 0.25) is 0 Å². The van der Waals surface area contributed by atoms with E-state index >= 15 is 0 Å². The van der Waals surface area contributed by atoms with Crippen molar-refractivity contribution >= 4 is 16.6 Å². The van der Waals surface area contributed by atoms with Gasteiger partial charge < -0.3 is 20.1 Å². The quantitative estimate of drug-likeness (QED) is 0.564. The molecule has 2 aromatic carbocycles. The van der Waals surface area contributed by atoms with Crippen molar-refractivity contribution in [2.75, 3.05) is 31.1 Å². The number of hydrogen-bond donors (Lipinski definition) is 2. The van der Waals surface area contributed by atoms with Crippen LogP contribution in [0.4, 0.5) is 10.1 Å². The number of piperidine rings is 2. The summed E-state index contributed by atoms with van der Waals surface area (Å²) in [4.78, 5) is 8.53. The molecule has 2 N–H and O–H groups in total. The molecule has 2 fully saturated rings. The minimum Gasteiger partial charge on any atom is -0.371 e. The lowest BCUT2D eigenvalue weighted by Gasteiger charge is -2.39. The highest BCUT2D eigenvalue weighted by molar-refractivity contribution is 5.86. The number of aromatic amines is 1. The van der Waals surface area contributed by atoms with Crippen LogP contribution in [0.3, 0.4) is 0 Å². The van der Waals surface area contributed by atoms with Gasteiger partial charge in [-0.3, -0.25) is 0 Å². The summed E-state index contributed by atoms with van der Waals surface area (Å²) in [5, 5.41) is 4.87. The highest BCUT2D eigenvalue weighted by atomic mass is 19.1. The van der Waals surface area contributed by atoms with Gasteiger partial charge in [0.05, 0.1) is 0 Å². The maximum atomic E-state index is 13.6. The lowest BCUT2D eigenvalue weighted by molar-refractivity contribution is 0.154. The number of anilines is 1. The highest BCUT2D eigenvalue weighted by Crippen LogP contribution is 2.29. The minimum atomic E-state index is -0.196. The molecule has 2 aliphatic heterocycles. The fraction of sp³-hybridized carbons (Fsp3) is 0.481. The Hall–Kier alpha value is -2.37. The average molecular weight is 435 g/mol. The average Bonchev–Trinajstić information content (AvgIpc) is 3.23. The van der Waals surface area contributed by atoms with Crippen LogP contribution in [0.1, 0.15) is 39.5 Å². The zero-order valence-corrected chi connectivity index (χ0v) is 19.3. The number of nitrogens with zero attached hydrogens (tertiary/aromatic N) is 2. The van der Waals surface area contributed by atoms with Gasteiger partial charge >= 0.3 is 0 Å². The highest BCUT2D eigenvalue weighted by Gasteiger charge is 2.25. The van der Waals surface area contributed by atoms with Gasteiger partial charge in [0.15, 0.2) is 0 Å². The standard InChI is InChI=1S/C27H35FN4/c1-19(2)31-12-8-23(9-13-31)29-24-10-14-32(15-11-24)25-5-3-4-20(17-25)27-18-21-16-22(28)6-7-26(21)30-27/h3-7,16-19,23-24,29-30H,8-15H2,1-2H3. The summed E-state index contributed by atoms with van der Waals surface area (Å²) >= 11 is 0. The Morgan fingerprint density at radius 3 is 2.34 bits per heavy atom. The second-order valence-electron chi connectivity index (χ2n) is 9.80. The van der Waals surface area contributed by atoms with Crippen LogP contribution in [0, 0.1) is 5.82 Å². The molecule has 3 heterocycles. The van der Waals surface area contributed by atoms with E-state index in [-0.39, 0.29) is 5.82 Å². The van der Waals surface area contributed by atoms with E-state index in [9.17, 15) is 4.39 Å². The predicted octanol–water partition coefficient (Wildman–Crippen LogP) is 5.41. The first-order valence-electron chi connectivity index (χ1n) is 12.2.